The van der Waals surface area contributed by atoms with Crippen molar-refractivity contribution >= 4 is 23.6 Å². The third-order valence-electron chi connectivity index (χ3n) is 3.54. The van der Waals surface area contributed by atoms with Gasteiger partial charge in [0, 0.05) is 17.9 Å². The Kier molecular flexibility index (Phi) is 5.67. The second-order valence-electron chi connectivity index (χ2n) is 5.30. The Hall–Kier alpha value is -1.49. The summed E-state index contributed by atoms with van der Waals surface area (Å²) in [5.41, 5.74) is 1.71. The fourth-order valence-corrected chi connectivity index (χ4v) is 3.46. The highest BCUT2D eigenvalue weighted by atomic mass is 32.2. The van der Waals surface area contributed by atoms with Gasteiger partial charge in [0.2, 0.25) is 5.91 Å². The Morgan fingerprint density at radius 1 is 1.43 bits per heavy atom. The lowest BCUT2D eigenvalue weighted by atomic mass is 10.1. The molecule has 0 radical (unpaired) electrons. The molecule has 1 heterocycles. The second-order valence-corrected chi connectivity index (χ2v) is 6.30. The van der Waals surface area contributed by atoms with E-state index in [1.54, 1.807) is 16.7 Å². The third kappa shape index (κ3) is 4.00. The van der Waals surface area contributed by atoms with E-state index in [2.05, 4.69) is 12.2 Å². The lowest BCUT2D eigenvalue weighted by Crippen LogP contribution is -2.47. The maximum atomic E-state index is 12.6. The molecule has 21 heavy (non-hydrogen) atoms. The van der Waals surface area contributed by atoms with E-state index in [1.807, 2.05) is 31.2 Å². The van der Waals surface area contributed by atoms with Crippen molar-refractivity contribution in [2.45, 2.75) is 32.7 Å². The van der Waals surface area contributed by atoms with Crippen molar-refractivity contribution in [3.8, 4) is 0 Å². The van der Waals surface area contributed by atoms with Gasteiger partial charge in [0.05, 0.1) is 5.88 Å². The first kappa shape index (κ1) is 15.9. The van der Waals surface area contributed by atoms with Crippen molar-refractivity contribution in [1.29, 1.82) is 0 Å². The molecule has 1 atom stereocenters. The van der Waals surface area contributed by atoms with Crippen molar-refractivity contribution in [2.24, 2.45) is 0 Å². The molecule has 2 amide bonds. The molecule has 0 saturated carbocycles. The van der Waals surface area contributed by atoms with Gasteiger partial charge in [-0.05, 0) is 25.5 Å². The van der Waals surface area contributed by atoms with Gasteiger partial charge in [0.15, 0.2) is 0 Å². The molecule has 1 aliphatic heterocycles. The van der Waals surface area contributed by atoms with Crippen LogP contribution in [0.15, 0.2) is 24.3 Å². The Morgan fingerprint density at radius 2 is 2.24 bits per heavy atom. The number of amides is 2. The first-order valence-electron chi connectivity index (χ1n) is 7.36. The average molecular weight is 306 g/mol. The number of unbranched alkanes of at least 4 members (excludes halogenated alkanes) is 1. The number of aryl methyl sites for hydroxylation is 1. The average Bonchev–Trinajstić information content (AvgIpc) is 2.96. The van der Waals surface area contributed by atoms with Crippen LogP contribution in [0, 0.1) is 6.92 Å². The fourth-order valence-electron chi connectivity index (χ4n) is 2.31. The van der Waals surface area contributed by atoms with Crippen molar-refractivity contribution in [3.05, 3.63) is 35.4 Å². The van der Waals surface area contributed by atoms with Crippen LogP contribution in [0.25, 0.3) is 0 Å². The summed E-state index contributed by atoms with van der Waals surface area (Å²) < 4.78 is 0. The summed E-state index contributed by atoms with van der Waals surface area (Å²) in [6.45, 7) is 4.73. The van der Waals surface area contributed by atoms with E-state index in [9.17, 15) is 9.59 Å². The summed E-state index contributed by atoms with van der Waals surface area (Å²) >= 11 is 1.63. The molecule has 114 valence electrons. The summed E-state index contributed by atoms with van der Waals surface area (Å²) in [5.74, 6) is 1.17. The molecule has 1 unspecified atom stereocenters. The van der Waals surface area contributed by atoms with Gasteiger partial charge in [0.1, 0.15) is 6.04 Å². The Balaban J connectivity index is 2.04. The molecule has 1 saturated heterocycles. The number of hydrogen-bond acceptors (Lipinski definition) is 3. The molecule has 0 aromatic heterocycles. The highest BCUT2D eigenvalue weighted by Crippen LogP contribution is 2.23. The predicted octanol–water partition coefficient (Wildman–Crippen LogP) is 2.43. The molecule has 1 aromatic rings. The highest BCUT2D eigenvalue weighted by Gasteiger charge is 2.34. The van der Waals surface area contributed by atoms with Crippen LogP contribution in [-0.4, -0.2) is 40.9 Å². The second kappa shape index (κ2) is 7.50. The number of thioether (sulfide) groups is 1. The van der Waals surface area contributed by atoms with Crippen molar-refractivity contribution in [1.82, 2.24) is 10.2 Å². The zero-order valence-corrected chi connectivity index (χ0v) is 13.4. The Bertz CT molecular complexity index is 519. The first-order chi connectivity index (χ1) is 10.1. The smallest absolute Gasteiger partial charge is 0.255 e. The van der Waals surface area contributed by atoms with Gasteiger partial charge in [-0.15, -0.1) is 11.8 Å². The van der Waals surface area contributed by atoms with Crippen molar-refractivity contribution in [2.75, 3.05) is 18.2 Å². The summed E-state index contributed by atoms with van der Waals surface area (Å²) in [7, 11) is 0. The van der Waals surface area contributed by atoms with Gasteiger partial charge in [-0.1, -0.05) is 31.0 Å². The minimum atomic E-state index is -0.347. The number of hydrogen-bond donors (Lipinski definition) is 1. The number of nitrogens with zero attached hydrogens (tertiary/aromatic N) is 1. The van der Waals surface area contributed by atoms with E-state index in [-0.39, 0.29) is 17.9 Å². The van der Waals surface area contributed by atoms with Gasteiger partial charge in [-0.2, -0.15) is 0 Å². The minimum absolute atomic E-state index is 0.0329. The molecule has 4 nitrogen and oxygen atoms in total. The van der Waals surface area contributed by atoms with Crippen LogP contribution in [0.2, 0.25) is 0 Å². The van der Waals surface area contributed by atoms with E-state index in [1.165, 1.54) is 0 Å². The van der Waals surface area contributed by atoms with Crippen LogP contribution in [-0.2, 0) is 4.79 Å². The molecule has 1 N–H and O–H groups in total. The lowest BCUT2D eigenvalue weighted by Gasteiger charge is -2.23. The lowest BCUT2D eigenvalue weighted by molar-refractivity contribution is -0.124. The normalized spacial score (nSPS) is 17.8. The molecular weight excluding hydrogens is 284 g/mol. The number of carbonyl (C=O) groups excluding carboxylic acids is 2. The molecule has 1 aromatic carbocycles. The minimum Gasteiger partial charge on any atom is -0.354 e. The van der Waals surface area contributed by atoms with Crippen molar-refractivity contribution in [3.63, 3.8) is 0 Å². The van der Waals surface area contributed by atoms with Crippen LogP contribution in [0.1, 0.15) is 35.7 Å². The van der Waals surface area contributed by atoms with Crippen LogP contribution in [0.5, 0.6) is 0 Å². The summed E-state index contributed by atoms with van der Waals surface area (Å²) in [4.78, 5) is 26.5. The van der Waals surface area contributed by atoms with Crippen LogP contribution >= 0.6 is 11.8 Å². The molecule has 0 bridgehead atoms. The van der Waals surface area contributed by atoms with Crippen LogP contribution in [0.3, 0.4) is 0 Å². The van der Waals surface area contributed by atoms with E-state index in [0.29, 0.717) is 23.7 Å². The van der Waals surface area contributed by atoms with Gasteiger partial charge >= 0.3 is 0 Å². The number of benzene rings is 1. The molecule has 5 heteroatoms. The largest absolute Gasteiger partial charge is 0.354 e. The fraction of sp³-hybridized carbons (Fsp3) is 0.500. The molecule has 1 aliphatic rings. The summed E-state index contributed by atoms with van der Waals surface area (Å²) in [6.07, 6.45) is 2.02. The van der Waals surface area contributed by atoms with Crippen molar-refractivity contribution < 1.29 is 9.59 Å². The van der Waals surface area contributed by atoms with Gasteiger partial charge < -0.3 is 10.2 Å². The summed E-state index contributed by atoms with van der Waals surface area (Å²) in [5, 5.41) is 2.93. The molecule has 0 spiro atoms. The molecular formula is C16H22N2O2S. The summed E-state index contributed by atoms with van der Waals surface area (Å²) in [6, 6.07) is 7.17. The molecule has 0 aliphatic carbocycles. The van der Waals surface area contributed by atoms with Crippen LogP contribution < -0.4 is 5.32 Å². The van der Waals surface area contributed by atoms with E-state index >= 15 is 0 Å². The zero-order valence-electron chi connectivity index (χ0n) is 12.6. The monoisotopic (exact) mass is 306 g/mol. The van der Waals surface area contributed by atoms with E-state index in [0.717, 1.165) is 18.4 Å². The topological polar surface area (TPSA) is 49.4 Å². The van der Waals surface area contributed by atoms with E-state index < -0.39 is 0 Å². The first-order valence-corrected chi connectivity index (χ1v) is 8.52. The number of carbonyl (C=O) groups is 2. The maximum absolute atomic E-state index is 12.6. The quantitative estimate of drug-likeness (QED) is 0.850. The Labute approximate surface area is 130 Å². The zero-order chi connectivity index (χ0) is 15.2. The Morgan fingerprint density at radius 3 is 2.95 bits per heavy atom. The van der Waals surface area contributed by atoms with Crippen LogP contribution in [0.4, 0.5) is 0 Å². The molecule has 2 rings (SSSR count). The van der Waals surface area contributed by atoms with Gasteiger partial charge in [-0.25, -0.2) is 0 Å². The standard InChI is InChI=1S/C16H22N2O2S/c1-3-4-8-17-15(19)14-10-21-11-18(14)16(20)13-7-5-6-12(2)9-13/h5-7,9,14H,3-4,8,10-11H2,1-2H3,(H,17,19). The van der Waals surface area contributed by atoms with Gasteiger partial charge in [-0.3, -0.25) is 9.59 Å². The number of nitrogens with one attached hydrogen (secondary N) is 1. The SMILES string of the molecule is CCCCNC(=O)C1CSCN1C(=O)c1cccc(C)c1. The third-order valence-corrected chi connectivity index (χ3v) is 4.55. The number of rotatable bonds is 5. The predicted molar refractivity (Wildman–Crippen MR) is 86.4 cm³/mol. The molecule has 1 fully saturated rings. The van der Waals surface area contributed by atoms with E-state index in [4.69, 9.17) is 0 Å². The maximum Gasteiger partial charge on any atom is 0.255 e. The highest BCUT2D eigenvalue weighted by molar-refractivity contribution is 7.99. The van der Waals surface area contributed by atoms with Gasteiger partial charge in [0.25, 0.3) is 5.91 Å².